The van der Waals surface area contributed by atoms with Crippen LogP contribution in [-0.2, 0) is 4.79 Å². The standard InChI is InChI=1S/C22H25N3O3/c1-15-8-7-11-19(21(15)22(28)25-12-5-6-13-25)23-14-20(27)24-18-10-4-3-9-17(18)16(2)26/h3-4,7-11,23H,5-6,12-14H2,1-2H3,(H,24,27). The second-order valence-corrected chi connectivity index (χ2v) is 7.00. The zero-order valence-corrected chi connectivity index (χ0v) is 16.2. The molecule has 0 radical (unpaired) electrons. The highest BCUT2D eigenvalue weighted by molar-refractivity contribution is 6.05. The lowest BCUT2D eigenvalue weighted by molar-refractivity contribution is -0.114. The second kappa shape index (κ2) is 8.69. The fourth-order valence-electron chi connectivity index (χ4n) is 3.45. The molecule has 2 aromatic carbocycles. The maximum atomic E-state index is 12.9. The van der Waals surface area contributed by atoms with Crippen LogP contribution in [0.2, 0.25) is 0 Å². The summed E-state index contributed by atoms with van der Waals surface area (Å²) in [6, 6.07) is 12.5. The summed E-state index contributed by atoms with van der Waals surface area (Å²) in [7, 11) is 0. The molecule has 0 aliphatic carbocycles. The van der Waals surface area contributed by atoms with E-state index in [0.29, 0.717) is 22.5 Å². The molecule has 0 unspecified atom stereocenters. The van der Waals surface area contributed by atoms with Gasteiger partial charge in [0.1, 0.15) is 0 Å². The van der Waals surface area contributed by atoms with Gasteiger partial charge in [-0.3, -0.25) is 14.4 Å². The Kier molecular flexibility index (Phi) is 6.09. The summed E-state index contributed by atoms with van der Waals surface area (Å²) in [6.45, 7) is 4.91. The first-order valence-electron chi connectivity index (χ1n) is 9.50. The maximum Gasteiger partial charge on any atom is 0.256 e. The largest absolute Gasteiger partial charge is 0.375 e. The molecule has 1 aliphatic rings. The van der Waals surface area contributed by atoms with Gasteiger partial charge in [0.2, 0.25) is 5.91 Å². The smallest absolute Gasteiger partial charge is 0.256 e. The number of rotatable bonds is 6. The summed E-state index contributed by atoms with van der Waals surface area (Å²) < 4.78 is 0. The van der Waals surface area contributed by atoms with Crippen LogP contribution >= 0.6 is 0 Å². The summed E-state index contributed by atoms with van der Waals surface area (Å²) in [5.74, 6) is -0.392. The van der Waals surface area contributed by atoms with Crippen molar-refractivity contribution in [2.75, 3.05) is 30.3 Å². The molecule has 1 saturated heterocycles. The van der Waals surface area contributed by atoms with Crippen molar-refractivity contribution in [1.29, 1.82) is 0 Å². The fourth-order valence-corrected chi connectivity index (χ4v) is 3.45. The van der Waals surface area contributed by atoms with Gasteiger partial charge >= 0.3 is 0 Å². The Morgan fingerprint density at radius 3 is 2.36 bits per heavy atom. The van der Waals surface area contributed by atoms with Crippen molar-refractivity contribution in [3.8, 4) is 0 Å². The highest BCUT2D eigenvalue weighted by atomic mass is 16.2. The fraction of sp³-hybridized carbons (Fsp3) is 0.318. The molecule has 1 fully saturated rings. The van der Waals surface area contributed by atoms with Crippen LogP contribution in [0.25, 0.3) is 0 Å². The third-order valence-electron chi connectivity index (χ3n) is 4.90. The third kappa shape index (κ3) is 4.39. The van der Waals surface area contributed by atoms with Crippen LogP contribution < -0.4 is 10.6 Å². The number of aryl methyl sites for hydroxylation is 1. The molecule has 2 N–H and O–H groups in total. The lowest BCUT2D eigenvalue weighted by Gasteiger charge is -2.20. The number of Topliss-reactive ketones (excluding diaryl/α,β-unsaturated/α-hetero) is 1. The molecule has 6 nitrogen and oxygen atoms in total. The number of ketones is 1. The van der Waals surface area contributed by atoms with E-state index in [1.807, 2.05) is 30.0 Å². The van der Waals surface area contributed by atoms with Crippen LogP contribution in [-0.4, -0.2) is 42.1 Å². The number of nitrogens with one attached hydrogen (secondary N) is 2. The molecule has 1 aliphatic heterocycles. The lowest BCUT2D eigenvalue weighted by atomic mass is 10.0. The zero-order chi connectivity index (χ0) is 20.1. The second-order valence-electron chi connectivity index (χ2n) is 7.00. The first-order chi connectivity index (χ1) is 13.5. The van der Waals surface area contributed by atoms with Gasteiger partial charge in [-0.15, -0.1) is 0 Å². The summed E-state index contributed by atoms with van der Waals surface area (Å²) in [6.07, 6.45) is 2.05. The Hall–Kier alpha value is -3.15. The molecule has 0 bridgehead atoms. The summed E-state index contributed by atoms with van der Waals surface area (Å²) in [4.78, 5) is 38.9. The average molecular weight is 379 g/mol. The highest BCUT2D eigenvalue weighted by Gasteiger charge is 2.23. The molecule has 2 amide bonds. The van der Waals surface area contributed by atoms with E-state index >= 15 is 0 Å². The maximum absolute atomic E-state index is 12.9. The van der Waals surface area contributed by atoms with Gasteiger partial charge < -0.3 is 15.5 Å². The molecule has 28 heavy (non-hydrogen) atoms. The van der Waals surface area contributed by atoms with Crippen LogP contribution in [0, 0.1) is 6.92 Å². The molecule has 0 atom stereocenters. The number of benzene rings is 2. The van der Waals surface area contributed by atoms with Crippen LogP contribution in [0.3, 0.4) is 0 Å². The van der Waals surface area contributed by atoms with Gasteiger partial charge in [-0.1, -0.05) is 24.3 Å². The topological polar surface area (TPSA) is 78.5 Å². The minimum atomic E-state index is -0.283. The number of carbonyl (C=O) groups is 3. The van der Waals surface area contributed by atoms with Gasteiger partial charge in [0, 0.05) is 24.3 Å². The molecule has 0 aromatic heterocycles. The van der Waals surface area contributed by atoms with Crippen LogP contribution in [0.4, 0.5) is 11.4 Å². The van der Waals surface area contributed by atoms with Crippen molar-refractivity contribution in [1.82, 2.24) is 4.90 Å². The number of para-hydroxylation sites is 1. The van der Waals surface area contributed by atoms with Crippen molar-refractivity contribution >= 4 is 29.0 Å². The molecular formula is C22H25N3O3. The molecule has 146 valence electrons. The van der Waals surface area contributed by atoms with Gasteiger partial charge in [-0.05, 0) is 50.5 Å². The van der Waals surface area contributed by atoms with E-state index in [9.17, 15) is 14.4 Å². The number of hydrogen-bond donors (Lipinski definition) is 2. The molecule has 0 saturated carbocycles. The predicted molar refractivity (Wildman–Crippen MR) is 110 cm³/mol. The Bertz CT molecular complexity index is 902. The molecule has 2 aromatic rings. The Morgan fingerprint density at radius 2 is 1.64 bits per heavy atom. The van der Waals surface area contributed by atoms with Crippen molar-refractivity contribution in [2.24, 2.45) is 0 Å². The van der Waals surface area contributed by atoms with Gasteiger partial charge in [-0.2, -0.15) is 0 Å². The highest BCUT2D eigenvalue weighted by Crippen LogP contribution is 2.23. The summed E-state index contributed by atoms with van der Waals surface area (Å²) >= 11 is 0. The quantitative estimate of drug-likeness (QED) is 0.753. The predicted octanol–water partition coefficient (Wildman–Crippen LogP) is 3.48. The number of nitrogens with zero attached hydrogens (tertiary/aromatic N) is 1. The van der Waals surface area contributed by atoms with E-state index in [2.05, 4.69) is 10.6 Å². The van der Waals surface area contributed by atoms with E-state index in [-0.39, 0.29) is 24.1 Å². The Morgan fingerprint density at radius 1 is 0.964 bits per heavy atom. The number of amides is 2. The van der Waals surface area contributed by atoms with Crippen LogP contribution in [0.5, 0.6) is 0 Å². The van der Waals surface area contributed by atoms with Gasteiger partial charge in [0.05, 0.1) is 17.8 Å². The van der Waals surface area contributed by atoms with Gasteiger partial charge in [0.15, 0.2) is 5.78 Å². The van der Waals surface area contributed by atoms with E-state index in [1.54, 1.807) is 24.3 Å². The minimum absolute atomic E-state index is 0.000401. The van der Waals surface area contributed by atoms with E-state index in [4.69, 9.17) is 0 Å². The van der Waals surface area contributed by atoms with Crippen molar-refractivity contribution in [3.63, 3.8) is 0 Å². The van der Waals surface area contributed by atoms with Crippen LogP contribution in [0.1, 0.15) is 46.0 Å². The number of carbonyl (C=O) groups excluding carboxylic acids is 3. The van der Waals surface area contributed by atoms with Gasteiger partial charge in [0.25, 0.3) is 5.91 Å². The molecule has 3 rings (SSSR count). The SMILES string of the molecule is CC(=O)c1ccccc1NC(=O)CNc1cccc(C)c1C(=O)N1CCCC1. The van der Waals surface area contributed by atoms with E-state index in [0.717, 1.165) is 31.5 Å². The summed E-state index contributed by atoms with van der Waals surface area (Å²) in [5, 5.41) is 5.85. The molecule has 6 heteroatoms. The van der Waals surface area contributed by atoms with Gasteiger partial charge in [-0.25, -0.2) is 0 Å². The number of hydrogen-bond acceptors (Lipinski definition) is 4. The van der Waals surface area contributed by atoms with E-state index in [1.165, 1.54) is 6.92 Å². The lowest BCUT2D eigenvalue weighted by Crippen LogP contribution is -2.30. The van der Waals surface area contributed by atoms with Crippen molar-refractivity contribution < 1.29 is 14.4 Å². The molecule has 0 spiro atoms. The molecule has 1 heterocycles. The van der Waals surface area contributed by atoms with Crippen molar-refractivity contribution in [2.45, 2.75) is 26.7 Å². The average Bonchev–Trinajstić information content (AvgIpc) is 3.21. The normalized spacial score (nSPS) is 13.3. The van der Waals surface area contributed by atoms with E-state index < -0.39 is 0 Å². The Labute approximate surface area is 164 Å². The first-order valence-corrected chi connectivity index (χ1v) is 9.50. The molecular weight excluding hydrogens is 354 g/mol. The summed E-state index contributed by atoms with van der Waals surface area (Å²) in [5.41, 5.74) is 3.09. The third-order valence-corrected chi connectivity index (χ3v) is 4.90. The minimum Gasteiger partial charge on any atom is -0.375 e. The number of anilines is 2. The van der Waals surface area contributed by atoms with Crippen molar-refractivity contribution in [3.05, 3.63) is 59.2 Å². The first kappa shape index (κ1) is 19.6. The number of likely N-dealkylation sites (tertiary alicyclic amines) is 1. The Balaban J connectivity index is 1.71. The van der Waals surface area contributed by atoms with Crippen LogP contribution in [0.15, 0.2) is 42.5 Å². The zero-order valence-electron chi connectivity index (χ0n) is 16.2. The monoisotopic (exact) mass is 379 g/mol.